The largest absolute Gasteiger partial charge is 0.387 e. The molecule has 0 heterocycles. The maximum Gasteiger partial charge on any atom is 0.246 e. The van der Waals surface area contributed by atoms with E-state index in [0.717, 1.165) is 0 Å². The van der Waals surface area contributed by atoms with Gasteiger partial charge in [-0.1, -0.05) is 18.2 Å². The fraction of sp³-hybridized carbons (Fsp3) is 0.375. The zero-order chi connectivity index (χ0) is 15.8. The molecule has 1 aromatic rings. The molecule has 0 radical (unpaired) electrons. The van der Waals surface area contributed by atoms with Crippen LogP contribution in [0.5, 0.6) is 0 Å². The van der Waals surface area contributed by atoms with Gasteiger partial charge in [0.15, 0.2) is 0 Å². The number of carbonyl (C=O) groups is 1. The summed E-state index contributed by atoms with van der Waals surface area (Å²) >= 11 is 0. The lowest BCUT2D eigenvalue weighted by Crippen LogP contribution is -2.29. The lowest BCUT2D eigenvalue weighted by atomic mass is 10.1. The van der Waals surface area contributed by atoms with E-state index >= 15 is 0 Å². The van der Waals surface area contributed by atoms with Crippen LogP contribution < -0.4 is 0 Å². The average Bonchev–Trinajstić information content (AvgIpc) is 2.46. The van der Waals surface area contributed by atoms with Crippen molar-refractivity contribution in [2.75, 3.05) is 34.2 Å². The third-order valence-corrected chi connectivity index (χ3v) is 2.95. The van der Waals surface area contributed by atoms with Crippen LogP contribution in [-0.2, 0) is 4.79 Å². The second-order valence-corrected chi connectivity index (χ2v) is 5.14. The normalized spacial score (nSPS) is 12.4. The van der Waals surface area contributed by atoms with Crippen LogP contribution in [0.25, 0.3) is 0 Å². The van der Waals surface area contributed by atoms with Gasteiger partial charge in [0.2, 0.25) is 5.91 Å². The molecule has 1 aromatic carbocycles. The molecule has 0 aromatic heterocycles. The number of hydrogen-bond acceptors (Lipinski definition) is 4. The topological polar surface area (TPSA) is 67.6 Å². The molecule has 0 aliphatic rings. The molecule has 5 nitrogen and oxygen atoms in total. The van der Waals surface area contributed by atoms with E-state index in [-0.39, 0.29) is 12.5 Å². The highest BCUT2D eigenvalue weighted by Gasteiger charge is 2.13. The molecule has 0 saturated heterocycles. The second-order valence-electron chi connectivity index (χ2n) is 5.14. The van der Waals surface area contributed by atoms with Gasteiger partial charge in [-0.25, -0.2) is 0 Å². The standard InChI is InChI=1S/C16H21N3O2/c1-18(2)9-5-8-16(21)19(3)12-15(20)14-7-4-6-13(10-14)11-17/h4-8,10,15,20H,9,12H2,1-3H3/b8-5+. The number of benzene rings is 1. The van der Waals surface area contributed by atoms with E-state index in [4.69, 9.17) is 5.26 Å². The molecule has 0 saturated carbocycles. The van der Waals surface area contributed by atoms with E-state index in [9.17, 15) is 9.90 Å². The van der Waals surface area contributed by atoms with E-state index in [1.54, 1.807) is 37.4 Å². The average molecular weight is 287 g/mol. The zero-order valence-corrected chi connectivity index (χ0v) is 12.7. The number of nitriles is 1. The Morgan fingerprint density at radius 3 is 2.76 bits per heavy atom. The van der Waals surface area contributed by atoms with Crippen molar-refractivity contribution in [2.24, 2.45) is 0 Å². The first-order chi connectivity index (χ1) is 9.93. The highest BCUT2D eigenvalue weighted by atomic mass is 16.3. The Morgan fingerprint density at radius 1 is 1.43 bits per heavy atom. The van der Waals surface area contributed by atoms with Gasteiger partial charge < -0.3 is 14.9 Å². The number of nitrogens with zero attached hydrogens (tertiary/aromatic N) is 3. The summed E-state index contributed by atoms with van der Waals surface area (Å²) in [6.45, 7) is 0.867. The summed E-state index contributed by atoms with van der Waals surface area (Å²) in [5.74, 6) is -0.160. The Labute approximate surface area is 125 Å². The summed E-state index contributed by atoms with van der Waals surface area (Å²) in [5.41, 5.74) is 1.12. The lowest BCUT2D eigenvalue weighted by Gasteiger charge is -2.20. The van der Waals surface area contributed by atoms with E-state index in [1.165, 1.54) is 11.0 Å². The number of amides is 1. The summed E-state index contributed by atoms with van der Waals surface area (Å²) in [4.78, 5) is 15.3. The van der Waals surface area contributed by atoms with Crippen molar-refractivity contribution in [3.05, 3.63) is 47.5 Å². The molecule has 0 bridgehead atoms. The Kier molecular flexibility index (Phi) is 6.60. The number of likely N-dealkylation sites (N-methyl/N-ethyl adjacent to an activating group) is 2. The summed E-state index contributed by atoms with van der Waals surface area (Å²) in [6.07, 6.45) is 2.47. The third-order valence-electron chi connectivity index (χ3n) is 2.95. The summed E-state index contributed by atoms with van der Waals surface area (Å²) in [5, 5.41) is 19.0. The Hall–Kier alpha value is -2.16. The smallest absolute Gasteiger partial charge is 0.246 e. The molecule has 0 aliphatic carbocycles. The minimum absolute atomic E-state index is 0.160. The van der Waals surface area contributed by atoms with Crippen LogP contribution in [0.15, 0.2) is 36.4 Å². The summed E-state index contributed by atoms with van der Waals surface area (Å²) in [6, 6.07) is 8.79. The zero-order valence-electron chi connectivity index (χ0n) is 12.7. The van der Waals surface area contributed by atoms with Gasteiger partial charge in [-0.3, -0.25) is 4.79 Å². The Bertz CT molecular complexity index is 547. The molecular weight excluding hydrogens is 266 g/mol. The van der Waals surface area contributed by atoms with Crippen molar-refractivity contribution >= 4 is 5.91 Å². The fourth-order valence-electron chi connectivity index (χ4n) is 1.76. The van der Waals surface area contributed by atoms with Gasteiger partial charge in [-0.05, 0) is 31.8 Å². The van der Waals surface area contributed by atoms with Crippen molar-refractivity contribution in [3.63, 3.8) is 0 Å². The maximum absolute atomic E-state index is 11.9. The first kappa shape index (κ1) is 16.9. The number of aliphatic hydroxyl groups is 1. The van der Waals surface area contributed by atoms with E-state index < -0.39 is 6.10 Å². The number of hydrogen-bond donors (Lipinski definition) is 1. The van der Waals surface area contributed by atoms with Crippen LogP contribution in [-0.4, -0.2) is 55.0 Å². The molecule has 1 unspecified atom stereocenters. The second kappa shape index (κ2) is 8.20. The maximum atomic E-state index is 11.9. The van der Waals surface area contributed by atoms with Crippen molar-refractivity contribution in [1.29, 1.82) is 5.26 Å². The highest BCUT2D eigenvalue weighted by molar-refractivity contribution is 5.87. The fourth-order valence-corrected chi connectivity index (χ4v) is 1.76. The van der Waals surface area contributed by atoms with Gasteiger partial charge in [0.25, 0.3) is 0 Å². The number of carbonyl (C=O) groups excluding carboxylic acids is 1. The number of rotatable bonds is 6. The SMILES string of the molecule is CN(C)C/C=C/C(=O)N(C)CC(O)c1cccc(C#N)c1. The van der Waals surface area contributed by atoms with Crippen molar-refractivity contribution in [2.45, 2.75) is 6.10 Å². The first-order valence-electron chi connectivity index (χ1n) is 6.68. The Morgan fingerprint density at radius 2 is 2.14 bits per heavy atom. The molecule has 0 spiro atoms. The molecule has 5 heteroatoms. The lowest BCUT2D eigenvalue weighted by molar-refractivity contribution is -0.126. The van der Waals surface area contributed by atoms with Gasteiger partial charge in [0.1, 0.15) is 0 Å². The van der Waals surface area contributed by atoms with Gasteiger partial charge in [0, 0.05) is 19.7 Å². The van der Waals surface area contributed by atoms with Crippen LogP contribution in [0.2, 0.25) is 0 Å². The molecule has 21 heavy (non-hydrogen) atoms. The van der Waals surface area contributed by atoms with Crippen LogP contribution >= 0.6 is 0 Å². The molecule has 1 rings (SSSR count). The monoisotopic (exact) mass is 287 g/mol. The van der Waals surface area contributed by atoms with Crippen LogP contribution in [0.1, 0.15) is 17.2 Å². The van der Waals surface area contributed by atoms with Crippen LogP contribution in [0.4, 0.5) is 0 Å². The Balaban J connectivity index is 2.61. The first-order valence-corrected chi connectivity index (χ1v) is 6.68. The minimum atomic E-state index is -0.811. The predicted molar refractivity (Wildman–Crippen MR) is 81.4 cm³/mol. The number of aliphatic hydroxyl groups excluding tert-OH is 1. The minimum Gasteiger partial charge on any atom is -0.387 e. The molecule has 1 amide bonds. The molecular formula is C16H21N3O2. The molecule has 0 aliphatic heterocycles. The summed E-state index contributed by atoms with van der Waals surface area (Å²) < 4.78 is 0. The van der Waals surface area contributed by atoms with E-state index in [1.807, 2.05) is 25.1 Å². The molecule has 1 atom stereocenters. The molecule has 112 valence electrons. The van der Waals surface area contributed by atoms with Gasteiger partial charge in [-0.2, -0.15) is 5.26 Å². The highest BCUT2D eigenvalue weighted by Crippen LogP contribution is 2.15. The molecule has 1 N–H and O–H groups in total. The van der Waals surface area contributed by atoms with Crippen molar-refractivity contribution in [3.8, 4) is 6.07 Å². The van der Waals surface area contributed by atoms with E-state index in [0.29, 0.717) is 17.7 Å². The van der Waals surface area contributed by atoms with Crippen LogP contribution in [0.3, 0.4) is 0 Å². The van der Waals surface area contributed by atoms with Gasteiger partial charge >= 0.3 is 0 Å². The summed E-state index contributed by atoms with van der Waals surface area (Å²) in [7, 11) is 5.48. The quantitative estimate of drug-likeness (QED) is 0.798. The van der Waals surface area contributed by atoms with E-state index in [2.05, 4.69) is 0 Å². The van der Waals surface area contributed by atoms with Crippen molar-refractivity contribution < 1.29 is 9.90 Å². The third kappa shape index (κ3) is 5.78. The van der Waals surface area contributed by atoms with Gasteiger partial charge in [0.05, 0.1) is 24.3 Å². The van der Waals surface area contributed by atoms with Crippen LogP contribution in [0, 0.1) is 11.3 Å². The van der Waals surface area contributed by atoms with Crippen molar-refractivity contribution in [1.82, 2.24) is 9.80 Å². The van der Waals surface area contributed by atoms with Gasteiger partial charge in [-0.15, -0.1) is 0 Å². The molecule has 0 fully saturated rings. The predicted octanol–water partition coefficient (Wildman–Crippen LogP) is 1.17.